The minimum absolute atomic E-state index is 0.0264. The van der Waals surface area contributed by atoms with Gasteiger partial charge in [-0.05, 0) is 28.1 Å². The molecule has 4 nitrogen and oxygen atoms in total. The van der Waals surface area contributed by atoms with Crippen molar-refractivity contribution >= 4 is 49.1 Å². The molecule has 21 heavy (non-hydrogen) atoms. The lowest BCUT2D eigenvalue weighted by Crippen LogP contribution is -2.03. The summed E-state index contributed by atoms with van der Waals surface area (Å²) in [5, 5.41) is 12.0. The molecule has 0 aromatic heterocycles. The molecule has 0 amide bonds. The Morgan fingerprint density at radius 2 is 1.95 bits per heavy atom. The zero-order valence-corrected chi connectivity index (χ0v) is 14.6. The lowest BCUT2D eigenvalue weighted by molar-refractivity contribution is -0.385. The fraction of sp³-hybridized carbons (Fsp3) is 0.143. The molecule has 0 unspecified atom stereocenters. The van der Waals surface area contributed by atoms with Crippen molar-refractivity contribution in [3.05, 3.63) is 67.1 Å². The molecule has 2 aromatic rings. The quantitative estimate of drug-likeness (QED) is 0.355. The molecule has 2 aromatic carbocycles. The number of rotatable bonds is 5. The van der Waals surface area contributed by atoms with Gasteiger partial charge in [-0.15, -0.1) is 0 Å². The van der Waals surface area contributed by atoms with Gasteiger partial charge in [0.05, 0.1) is 20.0 Å². The zero-order chi connectivity index (χ0) is 15.4. The van der Waals surface area contributed by atoms with E-state index in [9.17, 15) is 10.1 Å². The molecule has 0 aliphatic rings. The van der Waals surface area contributed by atoms with E-state index in [0.29, 0.717) is 21.7 Å². The Hall–Kier alpha value is -1.11. The second-order valence-electron chi connectivity index (χ2n) is 4.15. The first kappa shape index (κ1) is 16.3. The largest absolute Gasteiger partial charge is 0.487 e. The van der Waals surface area contributed by atoms with Crippen LogP contribution in [-0.2, 0) is 11.9 Å². The number of nitro benzene ring substituents is 1. The predicted octanol–water partition coefficient (Wildman–Crippen LogP) is 5.48. The molecule has 0 radical (unpaired) electrons. The van der Waals surface area contributed by atoms with E-state index in [1.54, 1.807) is 12.1 Å². The molecule has 2 rings (SSSR count). The van der Waals surface area contributed by atoms with E-state index in [1.165, 1.54) is 6.07 Å². The van der Waals surface area contributed by atoms with Crippen LogP contribution in [0.15, 0.2) is 40.9 Å². The molecule has 0 spiro atoms. The van der Waals surface area contributed by atoms with E-state index in [1.807, 2.05) is 18.2 Å². The summed E-state index contributed by atoms with van der Waals surface area (Å²) in [6, 6.07) is 10.2. The van der Waals surface area contributed by atoms with Gasteiger partial charge >= 0.3 is 0 Å². The summed E-state index contributed by atoms with van der Waals surface area (Å²) in [4.78, 5) is 10.6. The Labute approximate surface area is 143 Å². The summed E-state index contributed by atoms with van der Waals surface area (Å²) in [5.74, 6) is 0.642. The number of benzene rings is 2. The van der Waals surface area contributed by atoms with Gasteiger partial charge in [-0.1, -0.05) is 45.7 Å². The van der Waals surface area contributed by atoms with Crippen LogP contribution in [0, 0.1) is 10.1 Å². The van der Waals surface area contributed by atoms with Crippen molar-refractivity contribution in [2.24, 2.45) is 0 Å². The van der Waals surface area contributed by atoms with Crippen molar-refractivity contribution < 1.29 is 9.66 Å². The smallest absolute Gasteiger partial charge is 0.277 e. The molecule has 0 atom stereocenters. The third-order valence-electron chi connectivity index (χ3n) is 2.84. The van der Waals surface area contributed by atoms with Gasteiger partial charge < -0.3 is 4.74 Å². The first-order valence-electron chi connectivity index (χ1n) is 5.92. The number of para-hydroxylation sites is 1. The highest BCUT2D eigenvalue weighted by Crippen LogP contribution is 2.33. The minimum atomic E-state index is -0.462. The summed E-state index contributed by atoms with van der Waals surface area (Å²) >= 11 is 12.8. The number of nitro groups is 1. The topological polar surface area (TPSA) is 52.4 Å². The Balaban J connectivity index is 2.31. The monoisotopic (exact) mass is 433 g/mol. The van der Waals surface area contributed by atoms with Crippen LogP contribution in [0.3, 0.4) is 0 Å². The number of alkyl halides is 1. The van der Waals surface area contributed by atoms with Crippen LogP contribution >= 0.6 is 43.5 Å². The van der Waals surface area contributed by atoms with Crippen molar-refractivity contribution in [1.82, 2.24) is 0 Å². The van der Waals surface area contributed by atoms with Gasteiger partial charge in [0.2, 0.25) is 0 Å². The molecular formula is C14H10Br2ClNO3. The number of ether oxygens (including phenoxy) is 1. The average molecular weight is 435 g/mol. The molecule has 7 heteroatoms. The van der Waals surface area contributed by atoms with Gasteiger partial charge in [-0.2, -0.15) is 0 Å². The van der Waals surface area contributed by atoms with Crippen molar-refractivity contribution in [2.75, 3.05) is 0 Å². The highest BCUT2D eigenvalue weighted by molar-refractivity contribution is 9.10. The molecule has 0 aliphatic heterocycles. The van der Waals surface area contributed by atoms with Crippen LogP contribution < -0.4 is 4.74 Å². The molecule has 0 aliphatic carbocycles. The summed E-state index contributed by atoms with van der Waals surface area (Å²) in [7, 11) is 0. The van der Waals surface area contributed by atoms with Crippen molar-refractivity contribution in [1.29, 1.82) is 0 Å². The molecule has 0 saturated heterocycles. The van der Waals surface area contributed by atoms with Crippen molar-refractivity contribution in [3.8, 4) is 5.75 Å². The minimum Gasteiger partial charge on any atom is -0.487 e. The molecule has 0 saturated carbocycles. The van der Waals surface area contributed by atoms with E-state index < -0.39 is 4.92 Å². The molecule has 0 fully saturated rings. The van der Waals surface area contributed by atoms with Crippen LogP contribution in [0.2, 0.25) is 5.02 Å². The van der Waals surface area contributed by atoms with Gasteiger partial charge in [-0.3, -0.25) is 10.1 Å². The maximum Gasteiger partial charge on any atom is 0.277 e. The fourth-order valence-corrected chi connectivity index (χ4v) is 3.01. The van der Waals surface area contributed by atoms with Crippen molar-refractivity contribution in [2.45, 2.75) is 11.9 Å². The lowest BCUT2D eigenvalue weighted by Gasteiger charge is -2.13. The van der Waals surface area contributed by atoms with Gasteiger partial charge in [0, 0.05) is 17.0 Å². The summed E-state index contributed by atoms with van der Waals surface area (Å²) in [6.07, 6.45) is 0. The summed E-state index contributed by atoms with van der Waals surface area (Å²) < 4.78 is 6.54. The van der Waals surface area contributed by atoms with E-state index in [0.717, 1.165) is 10.0 Å². The van der Waals surface area contributed by atoms with Gasteiger partial charge in [0.1, 0.15) is 12.4 Å². The Bertz CT molecular complexity index is 679. The lowest BCUT2D eigenvalue weighted by atomic mass is 10.2. The first-order chi connectivity index (χ1) is 10.0. The highest BCUT2D eigenvalue weighted by Gasteiger charge is 2.18. The van der Waals surface area contributed by atoms with Gasteiger partial charge in [-0.25, -0.2) is 0 Å². The molecular weight excluding hydrogens is 425 g/mol. The first-order valence-corrected chi connectivity index (χ1v) is 8.21. The number of nitrogens with zero attached hydrogens (tertiary/aromatic N) is 1. The van der Waals surface area contributed by atoms with Crippen LogP contribution in [0.4, 0.5) is 5.69 Å². The Kier molecular flexibility index (Phi) is 5.61. The highest BCUT2D eigenvalue weighted by atomic mass is 79.9. The van der Waals surface area contributed by atoms with Crippen LogP contribution in [-0.4, -0.2) is 4.92 Å². The SMILES string of the molecule is O=[N+]([O-])c1cccc(Cl)c1COc1c(Br)cccc1CBr. The Morgan fingerprint density at radius 3 is 2.62 bits per heavy atom. The standard InChI is InChI=1S/C14H10Br2ClNO3/c15-7-9-3-1-4-11(16)14(9)21-8-10-12(17)5-2-6-13(10)18(19)20/h1-6H,7-8H2. The normalized spacial score (nSPS) is 10.4. The molecule has 0 heterocycles. The van der Waals surface area contributed by atoms with Gasteiger partial charge in [0.15, 0.2) is 0 Å². The fourth-order valence-electron chi connectivity index (χ4n) is 1.83. The summed E-state index contributed by atoms with van der Waals surface area (Å²) in [6.45, 7) is 0.0264. The van der Waals surface area contributed by atoms with Crippen LogP contribution in [0.5, 0.6) is 5.75 Å². The molecule has 0 bridgehead atoms. The predicted molar refractivity (Wildman–Crippen MR) is 89.2 cm³/mol. The summed E-state index contributed by atoms with van der Waals surface area (Å²) in [5.41, 5.74) is 1.26. The second-order valence-corrected chi connectivity index (χ2v) is 5.97. The third kappa shape index (κ3) is 3.75. The van der Waals surface area contributed by atoms with Crippen molar-refractivity contribution in [3.63, 3.8) is 0 Å². The van der Waals surface area contributed by atoms with Gasteiger partial charge in [0.25, 0.3) is 5.69 Å². The van der Waals surface area contributed by atoms with E-state index in [4.69, 9.17) is 16.3 Å². The number of hydrogen-bond donors (Lipinski definition) is 0. The second kappa shape index (κ2) is 7.24. The zero-order valence-electron chi connectivity index (χ0n) is 10.7. The Morgan fingerprint density at radius 1 is 1.24 bits per heavy atom. The van der Waals surface area contributed by atoms with Crippen LogP contribution in [0.1, 0.15) is 11.1 Å². The maximum atomic E-state index is 11.0. The molecule has 0 N–H and O–H groups in total. The van der Waals surface area contributed by atoms with E-state index in [-0.39, 0.29) is 12.3 Å². The maximum absolute atomic E-state index is 11.0. The van der Waals surface area contributed by atoms with E-state index >= 15 is 0 Å². The van der Waals surface area contributed by atoms with Crippen LogP contribution in [0.25, 0.3) is 0 Å². The van der Waals surface area contributed by atoms with E-state index in [2.05, 4.69) is 31.9 Å². The molecule has 110 valence electrons. The third-order valence-corrected chi connectivity index (χ3v) is 4.43. The number of halogens is 3. The average Bonchev–Trinajstić information content (AvgIpc) is 2.46. The number of hydrogen-bond acceptors (Lipinski definition) is 3.